The lowest BCUT2D eigenvalue weighted by atomic mass is 10.2. The van der Waals surface area contributed by atoms with Gasteiger partial charge >= 0.3 is 0 Å². The number of thioether (sulfide) groups is 1. The predicted octanol–water partition coefficient (Wildman–Crippen LogP) is 3.30. The fourth-order valence-corrected chi connectivity index (χ4v) is 1.56. The summed E-state index contributed by atoms with van der Waals surface area (Å²) in [6, 6.07) is 12.1. The quantitative estimate of drug-likeness (QED) is 0.681. The molecule has 0 radical (unpaired) electrons. The van der Waals surface area contributed by atoms with E-state index in [1.54, 1.807) is 11.8 Å². The minimum atomic E-state index is 0.772. The molecule has 0 aromatic heterocycles. The second-order valence-electron chi connectivity index (χ2n) is 2.46. The molecule has 13 heavy (non-hydrogen) atoms. The third kappa shape index (κ3) is 3.35. The molecule has 0 spiro atoms. The summed E-state index contributed by atoms with van der Waals surface area (Å²) >= 11 is 1.57. The molecule has 1 aromatic carbocycles. The molecule has 1 aromatic rings. The molecule has 0 saturated heterocycles. The van der Waals surface area contributed by atoms with Crippen molar-refractivity contribution in [3.05, 3.63) is 40.8 Å². The molecule has 1 nitrogen and oxygen atoms in total. The van der Waals surface area contributed by atoms with Crippen LogP contribution in [0.1, 0.15) is 12.5 Å². The van der Waals surface area contributed by atoms with Crippen molar-refractivity contribution in [1.29, 1.82) is 5.26 Å². The van der Waals surface area contributed by atoms with E-state index in [0.29, 0.717) is 0 Å². The number of benzene rings is 1. The van der Waals surface area contributed by atoms with Crippen LogP contribution < -0.4 is 0 Å². The Morgan fingerprint density at radius 3 is 2.69 bits per heavy atom. The SMILES string of the molecule is CCSC(C#N)=Cc1ccccc1. The highest BCUT2D eigenvalue weighted by molar-refractivity contribution is 8.03. The van der Waals surface area contributed by atoms with Crippen LogP contribution in [0, 0.1) is 11.3 Å². The molecule has 0 heterocycles. The second kappa shape index (κ2) is 5.45. The summed E-state index contributed by atoms with van der Waals surface area (Å²) in [4.78, 5) is 0.772. The molecular weight excluding hydrogens is 178 g/mol. The molecular formula is C11H11NS. The van der Waals surface area contributed by atoms with Crippen molar-refractivity contribution in [2.45, 2.75) is 6.92 Å². The van der Waals surface area contributed by atoms with E-state index in [1.165, 1.54) is 0 Å². The lowest BCUT2D eigenvalue weighted by Crippen LogP contribution is -1.75. The van der Waals surface area contributed by atoms with Gasteiger partial charge in [0.15, 0.2) is 0 Å². The normalized spacial score (nSPS) is 10.9. The molecule has 2 heteroatoms. The van der Waals surface area contributed by atoms with Crippen molar-refractivity contribution in [3.8, 4) is 6.07 Å². The number of allylic oxidation sites excluding steroid dienone is 1. The predicted molar refractivity (Wildman–Crippen MR) is 58.2 cm³/mol. The van der Waals surface area contributed by atoms with Crippen LogP contribution in [0.5, 0.6) is 0 Å². The van der Waals surface area contributed by atoms with Gasteiger partial charge in [-0.05, 0) is 17.4 Å². The lowest BCUT2D eigenvalue weighted by Gasteiger charge is -1.95. The molecule has 0 bridgehead atoms. The van der Waals surface area contributed by atoms with E-state index in [1.807, 2.05) is 43.3 Å². The standard InChI is InChI=1S/C11H11NS/c1-2-13-11(9-12)8-10-6-4-3-5-7-10/h3-8H,2H2,1H3. The maximum atomic E-state index is 8.78. The van der Waals surface area contributed by atoms with Gasteiger partial charge in [0.1, 0.15) is 6.07 Å². The average molecular weight is 189 g/mol. The van der Waals surface area contributed by atoms with Crippen LogP contribution in [-0.2, 0) is 0 Å². The number of hydrogen-bond acceptors (Lipinski definition) is 2. The van der Waals surface area contributed by atoms with Crippen LogP contribution >= 0.6 is 11.8 Å². The van der Waals surface area contributed by atoms with E-state index < -0.39 is 0 Å². The molecule has 0 aliphatic heterocycles. The monoisotopic (exact) mass is 189 g/mol. The first-order valence-corrected chi connectivity index (χ1v) is 5.15. The van der Waals surface area contributed by atoms with Crippen molar-refractivity contribution in [2.24, 2.45) is 0 Å². The Balaban J connectivity index is 2.81. The van der Waals surface area contributed by atoms with Gasteiger partial charge < -0.3 is 0 Å². The summed E-state index contributed by atoms with van der Waals surface area (Å²) < 4.78 is 0. The van der Waals surface area contributed by atoms with Gasteiger partial charge in [-0.1, -0.05) is 37.3 Å². The number of rotatable bonds is 3. The van der Waals surface area contributed by atoms with Crippen LogP contribution in [0.4, 0.5) is 0 Å². The number of nitriles is 1. The molecule has 0 fully saturated rings. The van der Waals surface area contributed by atoms with E-state index in [0.717, 1.165) is 16.2 Å². The average Bonchev–Trinajstić information content (AvgIpc) is 2.19. The summed E-state index contributed by atoms with van der Waals surface area (Å²) in [6.45, 7) is 2.04. The van der Waals surface area contributed by atoms with Gasteiger partial charge in [-0.25, -0.2) is 0 Å². The van der Waals surface area contributed by atoms with Gasteiger partial charge in [0, 0.05) is 0 Å². The Labute approximate surface area is 83.1 Å². The lowest BCUT2D eigenvalue weighted by molar-refractivity contribution is 1.51. The second-order valence-corrected chi connectivity index (χ2v) is 3.77. The van der Waals surface area contributed by atoms with Crippen LogP contribution in [0.3, 0.4) is 0 Å². The summed E-state index contributed by atoms with van der Waals surface area (Å²) in [5, 5.41) is 8.78. The van der Waals surface area contributed by atoms with E-state index in [-0.39, 0.29) is 0 Å². The zero-order valence-corrected chi connectivity index (χ0v) is 8.34. The van der Waals surface area contributed by atoms with E-state index in [9.17, 15) is 0 Å². The van der Waals surface area contributed by atoms with Crippen LogP contribution in [0.25, 0.3) is 6.08 Å². The van der Waals surface area contributed by atoms with E-state index >= 15 is 0 Å². The largest absolute Gasteiger partial charge is 0.192 e. The van der Waals surface area contributed by atoms with Gasteiger partial charge in [0.25, 0.3) is 0 Å². The highest BCUT2D eigenvalue weighted by Crippen LogP contribution is 2.17. The highest BCUT2D eigenvalue weighted by Gasteiger charge is 1.93. The maximum absolute atomic E-state index is 8.78. The molecule has 0 N–H and O–H groups in total. The Hall–Kier alpha value is -1.20. The van der Waals surface area contributed by atoms with E-state index in [4.69, 9.17) is 5.26 Å². The first-order valence-electron chi connectivity index (χ1n) is 4.16. The van der Waals surface area contributed by atoms with Crippen molar-refractivity contribution < 1.29 is 0 Å². The fourth-order valence-electron chi connectivity index (χ4n) is 0.962. The topological polar surface area (TPSA) is 23.8 Å². The molecule has 0 aliphatic rings. The van der Waals surface area contributed by atoms with E-state index in [2.05, 4.69) is 6.07 Å². The third-order valence-corrected chi connectivity index (χ3v) is 2.32. The first-order chi connectivity index (χ1) is 6.36. The Kier molecular flexibility index (Phi) is 4.14. The Morgan fingerprint density at radius 2 is 2.15 bits per heavy atom. The fraction of sp³-hybridized carbons (Fsp3) is 0.182. The molecule has 0 amide bonds. The maximum Gasteiger partial charge on any atom is 0.106 e. The third-order valence-electron chi connectivity index (χ3n) is 1.51. The van der Waals surface area contributed by atoms with Crippen molar-refractivity contribution in [1.82, 2.24) is 0 Å². The van der Waals surface area contributed by atoms with Gasteiger partial charge in [-0.15, -0.1) is 11.8 Å². The van der Waals surface area contributed by atoms with Crippen molar-refractivity contribution in [2.75, 3.05) is 5.75 Å². The smallest absolute Gasteiger partial charge is 0.106 e. The van der Waals surface area contributed by atoms with Gasteiger partial charge in [-0.2, -0.15) is 5.26 Å². The zero-order valence-electron chi connectivity index (χ0n) is 7.53. The molecule has 66 valence electrons. The molecule has 0 aliphatic carbocycles. The molecule has 0 atom stereocenters. The molecule has 1 rings (SSSR count). The highest BCUT2D eigenvalue weighted by atomic mass is 32.2. The Bertz CT molecular complexity index is 322. The molecule has 0 saturated carbocycles. The van der Waals surface area contributed by atoms with Crippen LogP contribution in [-0.4, -0.2) is 5.75 Å². The summed E-state index contributed by atoms with van der Waals surface area (Å²) in [7, 11) is 0. The van der Waals surface area contributed by atoms with Gasteiger partial charge in [-0.3, -0.25) is 0 Å². The summed E-state index contributed by atoms with van der Waals surface area (Å²) in [5.74, 6) is 0.937. The molecule has 0 unspecified atom stereocenters. The van der Waals surface area contributed by atoms with Gasteiger partial charge in [0.05, 0.1) is 4.91 Å². The van der Waals surface area contributed by atoms with Crippen molar-refractivity contribution >= 4 is 17.8 Å². The van der Waals surface area contributed by atoms with Crippen LogP contribution in [0.2, 0.25) is 0 Å². The van der Waals surface area contributed by atoms with Crippen LogP contribution in [0.15, 0.2) is 35.2 Å². The van der Waals surface area contributed by atoms with Crippen molar-refractivity contribution in [3.63, 3.8) is 0 Å². The zero-order chi connectivity index (χ0) is 9.52. The Morgan fingerprint density at radius 1 is 1.46 bits per heavy atom. The minimum Gasteiger partial charge on any atom is -0.192 e. The number of nitrogens with zero attached hydrogens (tertiary/aromatic N) is 1. The van der Waals surface area contributed by atoms with Gasteiger partial charge in [0.2, 0.25) is 0 Å². The number of hydrogen-bond donors (Lipinski definition) is 0. The summed E-state index contributed by atoms with van der Waals surface area (Å²) in [6.07, 6.45) is 1.91. The summed E-state index contributed by atoms with van der Waals surface area (Å²) in [5.41, 5.74) is 1.08. The first kappa shape index (κ1) is 9.88. The minimum absolute atomic E-state index is 0.772.